The topological polar surface area (TPSA) is 52.6 Å². The molecule has 0 radical (unpaired) electrons. The van der Waals surface area contributed by atoms with Gasteiger partial charge in [0.2, 0.25) is 0 Å². The number of piperazine rings is 1. The van der Waals surface area contributed by atoms with Gasteiger partial charge < -0.3 is 24.6 Å². The maximum Gasteiger partial charge on any atom is 0.193 e. The van der Waals surface area contributed by atoms with Gasteiger partial charge in [0.25, 0.3) is 0 Å². The van der Waals surface area contributed by atoms with E-state index in [1.807, 2.05) is 0 Å². The first-order chi connectivity index (χ1) is 15.3. The van der Waals surface area contributed by atoms with Crippen molar-refractivity contribution < 1.29 is 9.47 Å². The van der Waals surface area contributed by atoms with E-state index in [1.54, 1.807) is 7.11 Å². The molecule has 7 heteroatoms. The largest absolute Gasteiger partial charge is 0.382 e. The van der Waals surface area contributed by atoms with Crippen molar-refractivity contribution in [3.8, 4) is 0 Å². The Bertz CT molecular complexity index is 634. The lowest BCUT2D eigenvalue weighted by molar-refractivity contribution is 0.0536. The summed E-state index contributed by atoms with van der Waals surface area (Å²) in [5.41, 5.74) is 1.34. The first kappa shape index (κ1) is 23.8. The van der Waals surface area contributed by atoms with E-state index in [0.717, 1.165) is 77.9 Å². The highest BCUT2D eigenvalue weighted by Crippen LogP contribution is 2.17. The minimum Gasteiger partial charge on any atom is -0.382 e. The zero-order valence-corrected chi connectivity index (χ0v) is 19.5. The smallest absolute Gasteiger partial charge is 0.193 e. The first-order valence-corrected chi connectivity index (χ1v) is 11.9. The molecule has 1 aromatic carbocycles. The highest BCUT2D eigenvalue weighted by molar-refractivity contribution is 5.80. The predicted molar refractivity (Wildman–Crippen MR) is 128 cm³/mol. The van der Waals surface area contributed by atoms with Crippen molar-refractivity contribution in [2.45, 2.75) is 19.8 Å². The number of rotatable bonds is 11. The SMILES string of the molecule is CCNC(=NCCCN1CCN(c2ccccc2)CC1)N1CCC(COCCOC)C1. The van der Waals surface area contributed by atoms with Gasteiger partial charge in [0.15, 0.2) is 5.96 Å². The van der Waals surface area contributed by atoms with Gasteiger partial charge in [-0.05, 0) is 31.9 Å². The standard InChI is InChI=1S/C24H41N5O2/c1-3-25-24(29-13-10-22(20-29)21-31-19-18-30-2)26-11-7-12-27-14-16-28(17-15-27)23-8-5-4-6-9-23/h4-6,8-9,22H,3,7,10-21H2,1-2H3,(H,25,26). The molecule has 0 bridgehead atoms. The summed E-state index contributed by atoms with van der Waals surface area (Å²) in [6.45, 7) is 13.8. The van der Waals surface area contributed by atoms with Gasteiger partial charge in [-0.2, -0.15) is 0 Å². The quantitative estimate of drug-likeness (QED) is 0.329. The molecule has 2 aliphatic heterocycles. The third-order valence-electron chi connectivity index (χ3n) is 6.09. The van der Waals surface area contributed by atoms with Gasteiger partial charge >= 0.3 is 0 Å². The Hall–Kier alpha value is -1.83. The van der Waals surface area contributed by atoms with Crippen LogP contribution in [0.2, 0.25) is 0 Å². The van der Waals surface area contributed by atoms with Crippen LogP contribution in [0.15, 0.2) is 35.3 Å². The molecule has 1 atom stereocenters. The number of likely N-dealkylation sites (tertiary alicyclic amines) is 1. The van der Waals surface area contributed by atoms with Crippen LogP contribution in [0, 0.1) is 5.92 Å². The van der Waals surface area contributed by atoms with E-state index in [2.05, 4.69) is 57.3 Å². The van der Waals surface area contributed by atoms with E-state index in [1.165, 1.54) is 12.1 Å². The normalized spacial score (nSPS) is 20.5. The fraction of sp³-hybridized carbons (Fsp3) is 0.708. The average molecular weight is 432 g/mol. The van der Waals surface area contributed by atoms with Gasteiger partial charge in [0.1, 0.15) is 0 Å². The summed E-state index contributed by atoms with van der Waals surface area (Å²) in [5.74, 6) is 1.65. The molecule has 0 aromatic heterocycles. The maximum absolute atomic E-state index is 5.73. The Morgan fingerprint density at radius 3 is 2.65 bits per heavy atom. The lowest BCUT2D eigenvalue weighted by atomic mass is 10.1. The Labute approximate surface area is 188 Å². The molecule has 174 valence electrons. The predicted octanol–water partition coefficient (Wildman–Crippen LogP) is 2.15. The van der Waals surface area contributed by atoms with Crippen molar-refractivity contribution >= 4 is 11.6 Å². The van der Waals surface area contributed by atoms with E-state index in [4.69, 9.17) is 14.5 Å². The number of hydrogen-bond acceptors (Lipinski definition) is 5. The van der Waals surface area contributed by atoms with Crippen molar-refractivity contribution in [2.24, 2.45) is 10.9 Å². The van der Waals surface area contributed by atoms with Crippen LogP contribution < -0.4 is 10.2 Å². The minimum absolute atomic E-state index is 0.585. The molecule has 2 aliphatic rings. The van der Waals surface area contributed by atoms with Crippen LogP contribution >= 0.6 is 0 Å². The van der Waals surface area contributed by atoms with Crippen molar-refractivity contribution in [1.82, 2.24) is 15.1 Å². The molecule has 3 rings (SSSR count). The number of hydrogen-bond donors (Lipinski definition) is 1. The summed E-state index contributed by atoms with van der Waals surface area (Å²) >= 11 is 0. The maximum atomic E-state index is 5.73. The number of para-hydroxylation sites is 1. The summed E-state index contributed by atoms with van der Waals surface area (Å²) in [4.78, 5) is 12.4. The summed E-state index contributed by atoms with van der Waals surface area (Å²) in [5, 5.41) is 3.48. The number of aliphatic imine (C=N–C) groups is 1. The Balaban J connectivity index is 1.35. The van der Waals surface area contributed by atoms with Crippen LogP contribution in [0.25, 0.3) is 0 Å². The van der Waals surface area contributed by atoms with Crippen LogP contribution in [0.3, 0.4) is 0 Å². The summed E-state index contributed by atoms with van der Waals surface area (Å²) in [6, 6.07) is 10.8. The lowest BCUT2D eigenvalue weighted by Crippen LogP contribution is -2.46. The first-order valence-electron chi connectivity index (χ1n) is 11.9. The van der Waals surface area contributed by atoms with E-state index < -0.39 is 0 Å². The molecule has 1 N–H and O–H groups in total. The fourth-order valence-corrected chi connectivity index (χ4v) is 4.33. The van der Waals surface area contributed by atoms with E-state index >= 15 is 0 Å². The Kier molecular flexibility index (Phi) is 10.4. The molecule has 0 aliphatic carbocycles. The van der Waals surface area contributed by atoms with Crippen molar-refractivity contribution in [3.05, 3.63) is 30.3 Å². The second-order valence-electron chi connectivity index (χ2n) is 8.42. The molecule has 1 unspecified atom stereocenters. The second kappa shape index (κ2) is 13.6. The van der Waals surface area contributed by atoms with Crippen molar-refractivity contribution in [1.29, 1.82) is 0 Å². The molecule has 31 heavy (non-hydrogen) atoms. The van der Waals surface area contributed by atoms with Gasteiger partial charge in [-0.3, -0.25) is 9.89 Å². The highest BCUT2D eigenvalue weighted by Gasteiger charge is 2.25. The number of methoxy groups -OCH3 is 1. The number of nitrogens with one attached hydrogen (secondary N) is 1. The molecule has 2 heterocycles. The third-order valence-corrected chi connectivity index (χ3v) is 6.09. The molecule has 2 saturated heterocycles. The van der Waals surface area contributed by atoms with Crippen LogP contribution in [0.1, 0.15) is 19.8 Å². The van der Waals surface area contributed by atoms with E-state index in [0.29, 0.717) is 19.1 Å². The number of guanidine groups is 1. The molecule has 2 fully saturated rings. The highest BCUT2D eigenvalue weighted by atomic mass is 16.5. The van der Waals surface area contributed by atoms with Gasteiger partial charge in [-0.25, -0.2) is 0 Å². The Morgan fingerprint density at radius 1 is 1.10 bits per heavy atom. The minimum atomic E-state index is 0.585. The zero-order valence-electron chi connectivity index (χ0n) is 19.5. The molecular formula is C24H41N5O2. The third kappa shape index (κ3) is 7.98. The summed E-state index contributed by atoms with van der Waals surface area (Å²) < 4.78 is 10.8. The van der Waals surface area contributed by atoms with Gasteiger partial charge in [-0.15, -0.1) is 0 Å². The molecule has 0 saturated carbocycles. The van der Waals surface area contributed by atoms with Gasteiger partial charge in [-0.1, -0.05) is 18.2 Å². The Morgan fingerprint density at radius 2 is 1.90 bits per heavy atom. The number of benzene rings is 1. The molecule has 7 nitrogen and oxygen atoms in total. The number of nitrogens with zero attached hydrogens (tertiary/aromatic N) is 4. The summed E-state index contributed by atoms with van der Waals surface area (Å²) in [6.07, 6.45) is 2.28. The molecule has 0 amide bonds. The van der Waals surface area contributed by atoms with Crippen LogP contribution in [0.4, 0.5) is 5.69 Å². The lowest BCUT2D eigenvalue weighted by Gasteiger charge is -2.36. The van der Waals surface area contributed by atoms with Crippen LogP contribution in [-0.2, 0) is 9.47 Å². The fourth-order valence-electron chi connectivity index (χ4n) is 4.33. The average Bonchev–Trinajstić information content (AvgIpc) is 3.29. The van der Waals surface area contributed by atoms with Gasteiger partial charge in [0.05, 0.1) is 19.8 Å². The van der Waals surface area contributed by atoms with E-state index in [9.17, 15) is 0 Å². The van der Waals surface area contributed by atoms with Crippen molar-refractivity contribution in [2.75, 3.05) is 90.7 Å². The van der Waals surface area contributed by atoms with Crippen LogP contribution in [-0.4, -0.2) is 102 Å². The second-order valence-corrected chi connectivity index (χ2v) is 8.42. The number of ether oxygens (including phenoxy) is 2. The molecular weight excluding hydrogens is 390 g/mol. The zero-order chi connectivity index (χ0) is 21.7. The molecule has 1 aromatic rings. The molecule has 0 spiro atoms. The van der Waals surface area contributed by atoms with Crippen molar-refractivity contribution in [3.63, 3.8) is 0 Å². The van der Waals surface area contributed by atoms with Gasteiger partial charge in [0, 0.05) is 77.6 Å². The van der Waals surface area contributed by atoms with Crippen LogP contribution in [0.5, 0.6) is 0 Å². The monoisotopic (exact) mass is 431 g/mol. The number of anilines is 1. The van der Waals surface area contributed by atoms with E-state index in [-0.39, 0.29) is 0 Å². The summed E-state index contributed by atoms with van der Waals surface area (Å²) in [7, 11) is 1.71.